The third-order valence-corrected chi connectivity index (χ3v) is 3.03. The number of nitro groups is 1. The van der Waals surface area contributed by atoms with Gasteiger partial charge in [0.1, 0.15) is 0 Å². The van der Waals surface area contributed by atoms with Crippen LogP contribution in [0.25, 0.3) is 0 Å². The molecule has 1 heterocycles. The minimum Gasteiger partial charge on any atom is -0.379 e. The molecule has 19 heavy (non-hydrogen) atoms. The van der Waals surface area contributed by atoms with Crippen molar-refractivity contribution in [3.05, 3.63) is 39.9 Å². The minimum absolute atomic E-state index is 0.0247. The van der Waals surface area contributed by atoms with E-state index >= 15 is 0 Å². The molecule has 1 saturated heterocycles. The number of ketones is 1. The first-order chi connectivity index (χ1) is 9.15. The number of carbonyl (C=O) groups is 1. The fraction of sp³-hybridized carbons (Fsp3) is 0.462. The maximum absolute atomic E-state index is 11.9. The van der Waals surface area contributed by atoms with Gasteiger partial charge in [0, 0.05) is 31.6 Å². The van der Waals surface area contributed by atoms with E-state index < -0.39 is 4.92 Å². The van der Waals surface area contributed by atoms with Crippen molar-refractivity contribution >= 4 is 11.5 Å². The largest absolute Gasteiger partial charge is 0.379 e. The topological polar surface area (TPSA) is 72.7 Å². The van der Waals surface area contributed by atoms with Crippen LogP contribution < -0.4 is 0 Å². The molecule has 1 aromatic rings. The van der Waals surface area contributed by atoms with E-state index in [2.05, 4.69) is 0 Å². The van der Waals surface area contributed by atoms with Gasteiger partial charge in [0.05, 0.1) is 24.7 Å². The van der Waals surface area contributed by atoms with Crippen molar-refractivity contribution in [2.45, 2.75) is 6.42 Å². The summed E-state index contributed by atoms with van der Waals surface area (Å²) in [6.45, 7) is 3.22. The van der Waals surface area contributed by atoms with E-state index in [9.17, 15) is 14.9 Å². The number of carbonyl (C=O) groups excluding carboxylic acids is 1. The average Bonchev–Trinajstić information content (AvgIpc) is 2.40. The predicted molar refractivity (Wildman–Crippen MR) is 69.1 cm³/mol. The fourth-order valence-corrected chi connectivity index (χ4v) is 2.07. The average molecular weight is 264 g/mol. The maximum Gasteiger partial charge on any atom is 0.269 e. The molecule has 6 heteroatoms. The number of nitrogens with zero attached hydrogens (tertiary/aromatic N) is 2. The number of rotatable bonds is 5. The molecule has 0 aliphatic carbocycles. The second-order valence-corrected chi connectivity index (χ2v) is 4.53. The lowest BCUT2D eigenvalue weighted by Crippen LogP contribution is -2.39. The van der Waals surface area contributed by atoms with Crippen LogP contribution in [0.2, 0.25) is 0 Å². The molecule has 0 amide bonds. The summed E-state index contributed by atoms with van der Waals surface area (Å²) >= 11 is 0. The zero-order chi connectivity index (χ0) is 13.7. The second-order valence-electron chi connectivity index (χ2n) is 4.53. The lowest BCUT2D eigenvalue weighted by molar-refractivity contribution is -0.384. The second kappa shape index (κ2) is 6.40. The summed E-state index contributed by atoms with van der Waals surface area (Å²) in [5.74, 6) is 0.0717. The molecule has 6 nitrogen and oxygen atoms in total. The molecule has 1 fully saturated rings. The van der Waals surface area contributed by atoms with E-state index in [1.807, 2.05) is 4.90 Å². The van der Waals surface area contributed by atoms with Crippen molar-refractivity contribution in [2.75, 3.05) is 32.8 Å². The van der Waals surface area contributed by atoms with Crippen molar-refractivity contribution in [1.29, 1.82) is 0 Å². The molecule has 1 aliphatic heterocycles. The van der Waals surface area contributed by atoms with Gasteiger partial charge in [0.25, 0.3) is 5.69 Å². The molecule has 0 atom stereocenters. The Balaban J connectivity index is 1.90. The van der Waals surface area contributed by atoms with E-state index in [1.54, 1.807) is 12.1 Å². The lowest BCUT2D eigenvalue weighted by atomic mass is 10.1. The van der Waals surface area contributed by atoms with Gasteiger partial charge in [0.2, 0.25) is 0 Å². The summed E-state index contributed by atoms with van der Waals surface area (Å²) in [5, 5.41) is 10.7. The van der Waals surface area contributed by atoms with Gasteiger partial charge in [-0.15, -0.1) is 0 Å². The molecule has 1 aliphatic rings. The van der Waals surface area contributed by atoms with Crippen molar-refractivity contribution in [1.82, 2.24) is 4.90 Å². The molecule has 1 aromatic carbocycles. The summed E-state index contributed by atoms with van der Waals surface area (Å²) in [6.07, 6.45) is 0.235. The van der Waals surface area contributed by atoms with Crippen LogP contribution in [0.15, 0.2) is 24.3 Å². The highest BCUT2D eigenvalue weighted by Gasteiger charge is 2.15. The summed E-state index contributed by atoms with van der Waals surface area (Å²) in [7, 11) is 0. The Morgan fingerprint density at radius 2 is 2.11 bits per heavy atom. The van der Waals surface area contributed by atoms with E-state index in [1.165, 1.54) is 12.1 Å². The van der Waals surface area contributed by atoms with Crippen LogP contribution in [-0.2, 0) is 16.0 Å². The van der Waals surface area contributed by atoms with Crippen LogP contribution in [0, 0.1) is 10.1 Å². The Bertz CT molecular complexity index is 469. The molecular formula is C13H16N2O4. The Labute approximate surface area is 111 Å². The molecule has 0 radical (unpaired) electrons. The van der Waals surface area contributed by atoms with Crippen molar-refractivity contribution in [2.24, 2.45) is 0 Å². The Hall–Kier alpha value is -1.79. The zero-order valence-electron chi connectivity index (χ0n) is 10.6. The fourth-order valence-electron chi connectivity index (χ4n) is 2.07. The van der Waals surface area contributed by atoms with E-state index in [0.717, 1.165) is 13.1 Å². The third-order valence-electron chi connectivity index (χ3n) is 3.03. The van der Waals surface area contributed by atoms with E-state index in [-0.39, 0.29) is 17.9 Å². The maximum atomic E-state index is 11.9. The highest BCUT2D eigenvalue weighted by atomic mass is 16.6. The SMILES string of the molecule is O=C(Cc1cccc([N+](=O)[O-])c1)CN1CCOCC1. The van der Waals surface area contributed by atoms with Crippen LogP contribution in [0.3, 0.4) is 0 Å². The van der Waals surface area contributed by atoms with E-state index in [0.29, 0.717) is 25.3 Å². The predicted octanol–water partition coefficient (Wildman–Crippen LogP) is 1.04. The smallest absolute Gasteiger partial charge is 0.269 e. The van der Waals surface area contributed by atoms with Crippen LogP contribution in [0.1, 0.15) is 5.56 Å². The molecule has 0 bridgehead atoms. The molecule has 0 N–H and O–H groups in total. The van der Waals surface area contributed by atoms with Gasteiger partial charge in [-0.3, -0.25) is 19.8 Å². The Morgan fingerprint density at radius 1 is 1.37 bits per heavy atom. The van der Waals surface area contributed by atoms with Crippen molar-refractivity contribution in [3.8, 4) is 0 Å². The van der Waals surface area contributed by atoms with Gasteiger partial charge in [-0.25, -0.2) is 0 Å². The molecule has 0 spiro atoms. The van der Waals surface area contributed by atoms with Gasteiger partial charge in [-0.2, -0.15) is 0 Å². The number of nitro benzene ring substituents is 1. The van der Waals surface area contributed by atoms with Crippen LogP contribution in [0.5, 0.6) is 0 Å². The normalized spacial score (nSPS) is 16.2. The molecule has 102 valence electrons. The summed E-state index contributed by atoms with van der Waals surface area (Å²) < 4.78 is 5.21. The highest BCUT2D eigenvalue weighted by Crippen LogP contribution is 2.13. The van der Waals surface area contributed by atoms with Gasteiger partial charge < -0.3 is 4.74 Å². The van der Waals surface area contributed by atoms with Gasteiger partial charge in [0.15, 0.2) is 5.78 Å². The summed E-state index contributed by atoms with van der Waals surface area (Å²) in [6, 6.07) is 6.23. The summed E-state index contributed by atoms with van der Waals surface area (Å²) in [4.78, 5) is 24.2. The summed E-state index contributed by atoms with van der Waals surface area (Å²) in [5.41, 5.74) is 0.712. The van der Waals surface area contributed by atoms with Crippen LogP contribution in [-0.4, -0.2) is 48.5 Å². The Morgan fingerprint density at radius 3 is 2.79 bits per heavy atom. The number of Topliss-reactive ketones (excluding diaryl/α,β-unsaturated/α-hetero) is 1. The van der Waals surface area contributed by atoms with Gasteiger partial charge >= 0.3 is 0 Å². The minimum atomic E-state index is -0.448. The van der Waals surface area contributed by atoms with Crippen molar-refractivity contribution < 1.29 is 14.5 Å². The standard InChI is InChI=1S/C13H16N2O4/c16-13(10-14-4-6-19-7-5-14)9-11-2-1-3-12(8-11)15(17)18/h1-3,8H,4-7,9-10H2. The third kappa shape index (κ3) is 4.11. The first kappa shape index (κ1) is 13.6. The number of hydrogen-bond donors (Lipinski definition) is 0. The number of benzene rings is 1. The number of morpholine rings is 1. The van der Waals surface area contributed by atoms with Crippen LogP contribution >= 0.6 is 0 Å². The molecule has 0 aromatic heterocycles. The quantitative estimate of drug-likeness (QED) is 0.587. The van der Waals surface area contributed by atoms with Crippen LogP contribution in [0.4, 0.5) is 5.69 Å². The monoisotopic (exact) mass is 264 g/mol. The Kier molecular flexibility index (Phi) is 4.59. The number of non-ortho nitro benzene ring substituents is 1. The van der Waals surface area contributed by atoms with Gasteiger partial charge in [-0.05, 0) is 5.56 Å². The van der Waals surface area contributed by atoms with E-state index in [4.69, 9.17) is 4.74 Å². The molecular weight excluding hydrogens is 248 g/mol. The molecule has 0 saturated carbocycles. The zero-order valence-corrected chi connectivity index (χ0v) is 10.6. The molecule has 2 rings (SSSR count). The first-order valence-corrected chi connectivity index (χ1v) is 6.20. The lowest BCUT2D eigenvalue weighted by Gasteiger charge is -2.25. The molecule has 0 unspecified atom stereocenters. The number of hydrogen-bond acceptors (Lipinski definition) is 5. The van der Waals surface area contributed by atoms with Gasteiger partial charge in [-0.1, -0.05) is 12.1 Å². The highest BCUT2D eigenvalue weighted by molar-refractivity contribution is 5.82. The number of ether oxygens (including phenoxy) is 1. The first-order valence-electron chi connectivity index (χ1n) is 6.20. The van der Waals surface area contributed by atoms with Crippen molar-refractivity contribution in [3.63, 3.8) is 0 Å².